The Bertz CT molecular complexity index is 534. The molecule has 6 nitrogen and oxygen atoms in total. The summed E-state index contributed by atoms with van der Waals surface area (Å²) in [5.41, 5.74) is 0.559. The smallest absolute Gasteiger partial charge is 0.387 e. The number of alkyl halides is 2. The van der Waals surface area contributed by atoms with Gasteiger partial charge in [-0.2, -0.15) is 8.78 Å². The number of hydrogen-bond donors (Lipinski definition) is 2. The van der Waals surface area contributed by atoms with E-state index in [-0.39, 0.29) is 36.3 Å². The number of ether oxygens (including phenoxy) is 3. The Morgan fingerprint density at radius 2 is 1.96 bits per heavy atom. The van der Waals surface area contributed by atoms with E-state index in [9.17, 15) is 8.78 Å². The van der Waals surface area contributed by atoms with Gasteiger partial charge in [0.1, 0.15) is 0 Å². The fraction of sp³-hybridized carbons (Fsp3) is 0.588. The highest BCUT2D eigenvalue weighted by atomic mass is 127. The first-order valence-corrected chi connectivity index (χ1v) is 8.34. The lowest BCUT2D eigenvalue weighted by molar-refractivity contribution is -0.0520. The molecule has 0 amide bonds. The van der Waals surface area contributed by atoms with Crippen LogP contribution in [0.3, 0.4) is 0 Å². The minimum absolute atomic E-state index is 0. The maximum absolute atomic E-state index is 12.7. The second-order valence-corrected chi connectivity index (χ2v) is 4.96. The lowest BCUT2D eigenvalue weighted by Crippen LogP contribution is -2.37. The van der Waals surface area contributed by atoms with E-state index in [0.29, 0.717) is 43.6 Å². The normalized spacial score (nSPS) is 11.1. The van der Waals surface area contributed by atoms with Gasteiger partial charge in [-0.3, -0.25) is 4.99 Å². The summed E-state index contributed by atoms with van der Waals surface area (Å²) in [5.74, 6) is 0.904. The van der Waals surface area contributed by atoms with Crippen molar-refractivity contribution in [1.82, 2.24) is 10.6 Å². The molecule has 0 aliphatic carbocycles. The van der Waals surface area contributed by atoms with Gasteiger partial charge in [0.05, 0.1) is 6.61 Å². The van der Waals surface area contributed by atoms with Gasteiger partial charge in [0.25, 0.3) is 0 Å². The number of guanidine groups is 1. The van der Waals surface area contributed by atoms with Crippen molar-refractivity contribution in [2.75, 3.05) is 33.4 Å². The van der Waals surface area contributed by atoms with Crippen molar-refractivity contribution in [2.45, 2.75) is 33.4 Å². The average Bonchev–Trinajstić information content (AvgIpc) is 2.59. The molecule has 0 spiro atoms. The fourth-order valence-corrected chi connectivity index (χ4v) is 2.12. The molecule has 9 heteroatoms. The highest BCUT2D eigenvalue weighted by molar-refractivity contribution is 14.0. The zero-order valence-corrected chi connectivity index (χ0v) is 17.7. The maximum atomic E-state index is 12.7. The SMILES string of the molecule is CCOCCCNC(=NC)NCc1cccc(OCC)c1OC(F)F.I. The molecular weight excluding hydrogens is 459 g/mol. The van der Waals surface area contributed by atoms with E-state index in [1.54, 1.807) is 32.2 Å². The van der Waals surface area contributed by atoms with Crippen LogP contribution < -0.4 is 20.1 Å². The quantitative estimate of drug-likeness (QED) is 0.217. The lowest BCUT2D eigenvalue weighted by atomic mass is 10.2. The van der Waals surface area contributed by atoms with Crippen LogP contribution in [-0.4, -0.2) is 46.0 Å². The molecule has 0 aliphatic heterocycles. The molecule has 1 rings (SSSR count). The monoisotopic (exact) mass is 487 g/mol. The summed E-state index contributed by atoms with van der Waals surface area (Å²) in [6.07, 6.45) is 0.841. The van der Waals surface area contributed by atoms with Gasteiger partial charge in [0, 0.05) is 38.9 Å². The Labute approximate surface area is 170 Å². The minimum Gasteiger partial charge on any atom is -0.490 e. The van der Waals surface area contributed by atoms with E-state index in [0.717, 1.165) is 6.42 Å². The van der Waals surface area contributed by atoms with Crippen LogP contribution in [0.15, 0.2) is 23.2 Å². The summed E-state index contributed by atoms with van der Waals surface area (Å²) in [4.78, 5) is 4.10. The van der Waals surface area contributed by atoms with Gasteiger partial charge in [-0.1, -0.05) is 12.1 Å². The molecule has 0 fully saturated rings. The van der Waals surface area contributed by atoms with Gasteiger partial charge >= 0.3 is 6.61 Å². The predicted molar refractivity (Wildman–Crippen MR) is 109 cm³/mol. The molecule has 0 saturated heterocycles. The van der Waals surface area contributed by atoms with Gasteiger partial charge in [-0.05, 0) is 26.3 Å². The minimum atomic E-state index is -2.92. The van der Waals surface area contributed by atoms with E-state index < -0.39 is 6.61 Å². The summed E-state index contributed by atoms with van der Waals surface area (Å²) in [6.45, 7) is 3.50. The zero-order valence-electron chi connectivity index (χ0n) is 15.4. The van der Waals surface area contributed by atoms with Crippen molar-refractivity contribution >= 4 is 29.9 Å². The predicted octanol–water partition coefficient (Wildman–Crippen LogP) is 3.40. The first-order chi connectivity index (χ1) is 12.1. The summed E-state index contributed by atoms with van der Waals surface area (Å²) in [7, 11) is 1.64. The summed E-state index contributed by atoms with van der Waals surface area (Å²) in [6, 6.07) is 5.04. The van der Waals surface area contributed by atoms with E-state index in [1.807, 2.05) is 6.92 Å². The van der Waals surface area contributed by atoms with Crippen LogP contribution in [-0.2, 0) is 11.3 Å². The average molecular weight is 487 g/mol. The number of para-hydroxylation sites is 1. The van der Waals surface area contributed by atoms with Gasteiger partial charge in [-0.25, -0.2) is 0 Å². The third-order valence-electron chi connectivity index (χ3n) is 3.20. The van der Waals surface area contributed by atoms with Crippen LogP contribution in [0.4, 0.5) is 8.78 Å². The van der Waals surface area contributed by atoms with Gasteiger partial charge in [0.15, 0.2) is 17.5 Å². The molecule has 0 radical (unpaired) electrons. The molecule has 0 atom stereocenters. The van der Waals surface area contributed by atoms with E-state index in [4.69, 9.17) is 9.47 Å². The van der Waals surface area contributed by atoms with Gasteiger partial charge < -0.3 is 24.8 Å². The van der Waals surface area contributed by atoms with Crippen molar-refractivity contribution in [3.63, 3.8) is 0 Å². The fourth-order valence-electron chi connectivity index (χ4n) is 2.12. The number of aliphatic imine (C=N–C) groups is 1. The summed E-state index contributed by atoms with van der Waals surface area (Å²) < 4.78 is 40.7. The van der Waals surface area contributed by atoms with E-state index >= 15 is 0 Å². The Morgan fingerprint density at radius 1 is 1.19 bits per heavy atom. The number of halogens is 3. The summed E-state index contributed by atoms with van der Waals surface area (Å²) in [5, 5.41) is 6.21. The molecular formula is C17H28F2IN3O3. The van der Waals surface area contributed by atoms with Crippen molar-refractivity contribution in [3.05, 3.63) is 23.8 Å². The number of rotatable bonds is 11. The molecule has 0 aromatic heterocycles. The molecule has 1 aromatic carbocycles. The number of benzene rings is 1. The van der Waals surface area contributed by atoms with Crippen LogP contribution in [0.2, 0.25) is 0 Å². The molecule has 2 N–H and O–H groups in total. The Morgan fingerprint density at radius 3 is 2.58 bits per heavy atom. The lowest BCUT2D eigenvalue weighted by Gasteiger charge is -2.17. The highest BCUT2D eigenvalue weighted by Gasteiger charge is 2.15. The van der Waals surface area contributed by atoms with Crippen LogP contribution in [0.25, 0.3) is 0 Å². The van der Waals surface area contributed by atoms with Crippen LogP contribution in [0.5, 0.6) is 11.5 Å². The standard InChI is InChI=1S/C17H27F2N3O3.HI/c1-4-23-11-7-10-21-17(20-3)22-12-13-8-6-9-14(24-5-2)15(13)25-16(18)19;/h6,8-9,16H,4-5,7,10-12H2,1-3H3,(H2,20,21,22);1H. The van der Waals surface area contributed by atoms with Crippen molar-refractivity contribution in [1.29, 1.82) is 0 Å². The molecule has 150 valence electrons. The summed E-state index contributed by atoms with van der Waals surface area (Å²) >= 11 is 0. The zero-order chi connectivity index (χ0) is 18.5. The molecule has 0 heterocycles. The third-order valence-corrected chi connectivity index (χ3v) is 3.20. The highest BCUT2D eigenvalue weighted by Crippen LogP contribution is 2.32. The maximum Gasteiger partial charge on any atom is 0.387 e. The van der Waals surface area contributed by atoms with Crippen LogP contribution >= 0.6 is 24.0 Å². The Kier molecular flexibility index (Phi) is 14.0. The molecule has 0 saturated carbocycles. The first-order valence-electron chi connectivity index (χ1n) is 8.34. The Hall–Kier alpha value is -1.36. The first kappa shape index (κ1) is 24.6. The van der Waals surface area contributed by atoms with E-state index in [1.165, 1.54) is 0 Å². The number of nitrogens with zero attached hydrogens (tertiary/aromatic N) is 1. The van der Waals surface area contributed by atoms with Crippen LogP contribution in [0, 0.1) is 0 Å². The number of hydrogen-bond acceptors (Lipinski definition) is 4. The second kappa shape index (κ2) is 14.8. The topological polar surface area (TPSA) is 64.1 Å². The molecule has 0 bridgehead atoms. The largest absolute Gasteiger partial charge is 0.490 e. The van der Waals surface area contributed by atoms with Crippen molar-refractivity contribution < 1.29 is 23.0 Å². The van der Waals surface area contributed by atoms with Gasteiger partial charge in [-0.15, -0.1) is 24.0 Å². The number of nitrogens with one attached hydrogen (secondary N) is 2. The molecule has 0 aliphatic rings. The van der Waals surface area contributed by atoms with Crippen molar-refractivity contribution in [2.24, 2.45) is 4.99 Å². The Balaban J connectivity index is 0.00000625. The van der Waals surface area contributed by atoms with E-state index in [2.05, 4.69) is 20.4 Å². The second-order valence-electron chi connectivity index (χ2n) is 4.96. The molecule has 1 aromatic rings. The van der Waals surface area contributed by atoms with Crippen LogP contribution in [0.1, 0.15) is 25.8 Å². The van der Waals surface area contributed by atoms with Crippen molar-refractivity contribution in [3.8, 4) is 11.5 Å². The molecule has 0 unspecified atom stereocenters. The van der Waals surface area contributed by atoms with Gasteiger partial charge in [0.2, 0.25) is 0 Å². The molecule has 26 heavy (non-hydrogen) atoms. The third kappa shape index (κ3) is 9.37.